The van der Waals surface area contributed by atoms with Gasteiger partial charge in [0, 0.05) is 24.6 Å². The zero-order valence-corrected chi connectivity index (χ0v) is 11.5. The number of aromatic nitrogens is 3. The van der Waals surface area contributed by atoms with Crippen LogP contribution in [0.25, 0.3) is 0 Å². The van der Waals surface area contributed by atoms with Crippen molar-refractivity contribution < 1.29 is 13.2 Å². The monoisotopic (exact) mass is 296 g/mol. The van der Waals surface area contributed by atoms with Crippen molar-refractivity contribution in [2.75, 3.05) is 11.4 Å². The maximum atomic E-state index is 12.6. The SMILES string of the molecule is Cc1cnc(C2CCCN2c2ccc(C(F)(F)F)cn2)[nH]1. The van der Waals surface area contributed by atoms with E-state index in [9.17, 15) is 13.2 Å². The van der Waals surface area contributed by atoms with Gasteiger partial charge in [0.15, 0.2) is 0 Å². The third-order valence-corrected chi connectivity index (χ3v) is 3.66. The lowest BCUT2D eigenvalue weighted by Crippen LogP contribution is -2.24. The van der Waals surface area contributed by atoms with Gasteiger partial charge in [-0.1, -0.05) is 0 Å². The van der Waals surface area contributed by atoms with Crippen LogP contribution in [0.2, 0.25) is 0 Å². The second-order valence-electron chi connectivity index (χ2n) is 5.21. The van der Waals surface area contributed by atoms with Gasteiger partial charge in [-0.3, -0.25) is 0 Å². The molecule has 3 rings (SSSR count). The average molecular weight is 296 g/mol. The van der Waals surface area contributed by atoms with E-state index < -0.39 is 11.7 Å². The molecule has 1 fully saturated rings. The van der Waals surface area contributed by atoms with Crippen LogP contribution in [0, 0.1) is 6.92 Å². The molecule has 3 heterocycles. The molecule has 7 heteroatoms. The molecule has 1 aliphatic rings. The molecule has 2 aromatic rings. The summed E-state index contributed by atoms with van der Waals surface area (Å²) < 4.78 is 37.7. The van der Waals surface area contributed by atoms with E-state index in [4.69, 9.17) is 0 Å². The average Bonchev–Trinajstić information content (AvgIpc) is 3.06. The molecule has 2 aromatic heterocycles. The molecule has 0 amide bonds. The first-order valence-corrected chi connectivity index (χ1v) is 6.76. The van der Waals surface area contributed by atoms with Crippen molar-refractivity contribution in [2.24, 2.45) is 0 Å². The quantitative estimate of drug-likeness (QED) is 0.923. The number of nitrogens with one attached hydrogen (secondary N) is 1. The van der Waals surface area contributed by atoms with Crippen molar-refractivity contribution in [3.05, 3.63) is 41.6 Å². The molecular weight excluding hydrogens is 281 g/mol. The van der Waals surface area contributed by atoms with Crippen LogP contribution in [0.15, 0.2) is 24.5 Å². The number of aromatic amines is 1. The summed E-state index contributed by atoms with van der Waals surface area (Å²) in [6.45, 7) is 2.69. The topological polar surface area (TPSA) is 44.8 Å². The van der Waals surface area contributed by atoms with E-state index >= 15 is 0 Å². The van der Waals surface area contributed by atoms with Gasteiger partial charge in [-0.25, -0.2) is 9.97 Å². The van der Waals surface area contributed by atoms with Crippen molar-refractivity contribution >= 4 is 5.82 Å². The molecule has 0 aliphatic carbocycles. The first-order valence-electron chi connectivity index (χ1n) is 6.76. The maximum Gasteiger partial charge on any atom is 0.417 e. The normalized spacial score (nSPS) is 19.2. The Labute approximate surface area is 120 Å². The lowest BCUT2D eigenvalue weighted by atomic mass is 10.2. The number of anilines is 1. The largest absolute Gasteiger partial charge is 0.417 e. The van der Waals surface area contributed by atoms with E-state index in [1.807, 2.05) is 11.8 Å². The van der Waals surface area contributed by atoms with Crippen molar-refractivity contribution in [3.8, 4) is 0 Å². The summed E-state index contributed by atoms with van der Waals surface area (Å²) >= 11 is 0. The van der Waals surface area contributed by atoms with Crippen molar-refractivity contribution in [2.45, 2.75) is 32.0 Å². The van der Waals surface area contributed by atoms with E-state index in [2.05, 4.69) is 15.0 Å². The third kappa shape index (κ3) is 2.72. The van der Waals surface area contributed by atoms with Gasteiger partial charge in [0.1, 0.15) is 11.6 Å². The number of hydrogen-bond acceptors (Lipinski definition) is 3. The van der Waals surface area contributed by atoms with E-state index in [1.165, 1.54) is 6.07 Å². The second kappa shape index (κ2) is 5.05. The molecule has 1 unspecified atom stereocenters. The first-order chi connectivity index (χ1) is 9.95. The third-order valence-electron chi connectivity index (χ3n) is 3.66. The highest BCUT2D eigenvalue weighted by Gasteiger charge is 2.32. The van der Waals surface area contributed by atoms with Crippen LogP contribution in [0.5, 0.6) is 0 Å². The number of imidazole rings is 1. The molecule has 0 spiro atoms. The Kier molecular flexibility index (Phi) is 3.35. The van der Waals surface area contributed by atoms with Crippen LogP contribution in [0.3, 0.4) is 0 Å². The fourth-order valence-corrected chi connectivity index (χ4v) is 2.65. The molecule has 112 valence electrons. The number of nitrogens with zero attached hydrogens (tertiary/aromatic N) is 3. The highest BCUT2D eigenvalue weighted by molar-refractivity contribution is 5.43. The second-order valence-corrected chi connectivity index (χ2v) is 5.21. The lowest BCUT2D eigenvalue weighted by molar-refractivity contribution is -0.137. The number of H-pyrrole nitrogens is 1. The van der Waals surface area contributed by atoms with Crippen molar-refractivity contribution in [1.82, 2.24) is 15.0 Å². The zero-order valence-electron chi connectivity index (χ0n) is 11.5. The van der Waals surface area contributed by atoms with Gasteiger partial charge in [-0.05, 0) is 31.9 Å². The van der Waals surface area contributed by atoms with Crippen LogP contribution in [-0.2, 0) is 6.18 Å². The zero-order chi connectivity index (χ0) is 15.0. The number of hydrogen-bond donors (Lipinski definition) is 1. The van der Waals surface area contributed by atoms with Crippen LogP contribution < -0.4 is 4.90 Å². The standard InChI is InChI=1S/C14H15F3N4/c1-9-7-19-13(20-9)11-3-2-6-21(11)12-5-4-10(8-18-12)14(15,16)17/h4-5,7-8,11H,2-3,6H2,1H3,(H,19,20). The molecular formula is C14H15F3N4. The molecule has 0 aromatic carbocycles. The maximum absolute atomic E-state index is 12.6. The minimum Gasteiger partial charge on any atom is -0.346 e. The summed E-state index contributed by atoms with van der Waals surface area (Å²) in [4.78, 5) is 13.5. The molecule has 21 heavy (non-hydrogen) atoms. The molecule has 1 N–H and O–H groups in total. The van der Waals surface area contributed by atoms with E-state index in [0.29, 0.717) is 5.82 Å². The van der Waals surface area contributed by atoms with Crippen LogP contribution in [-0.4, -0.2) is 21.5 Å². The Morgan fingerprint density at radius 3 is 2.62 bits per heavy atom. The number of rotatable bonds is 2. The fourth-order valence-electron chi connectivity index (χ4n) is 2.65. The summed E-state index contributed by atoms with van der Waals surface area (Å²) in [5.41, 5.74) is 0.244. The van der Waals surface area contributed by atoms with Gasteiger partial charge in [0.25, 0.3) is 0 Å². The molecule has 1 aliphatic heterocycles. The summed E-state index contributed by atoms with van der Waals surface area (Å²) in [6, 6.07) is 2.55. The lowest BCUT2D eigenvalue weighted by Gasteiger charge is -2.24. The molecule has 0 saturated carbocycles. The highest BCUT2D eigenvalue weighted by Crippen LogP contribution is 2.35. The first kappa shape index (κ1) is 13.9. The Bertz CT molecular complexity index is 618. The Morgan fingerprint density at radius 2 is 2.05 bits per heavy atom. The molecule has 1 saturated heterocycles. The Hall–Kier alpha value is -2.05. The molecule has 4 nitrogen and oxygen atoms in total. The molecule has 0 bridgehead atoms. The van der Waals surface area contributed by atoms with E-state index in [1.54, 1.807) is 6.20 Å². The van der Waals surface area contributed by atoms with E-state index in [-0.39, 0.29) is 6.04 Å². The van der Waals surface area contributed by atoms with Gasteiger partial charge < -0.3 is 9.88 Å². The fraction of sp³-hybridized carbons (Fsp3) is 0.429. The van der Waals surface area contributed by atoms with E-state index in [0.717, 1.165) is 43.2 Å². The Morgan fingerprint density at radius 1 is 1.24 bits per heavy atom. The highest BCUT2D eigenvalue weighted by atomic mass is 19.4. The van der Waals surface area contributed by atoms with Gasteiger partial charge in [0.2, 0.25) is 0 Å². The van der Waals surface area contributed by atoms with Gasteiger partial charge >= 0.3 is 6.18 Å². The van der Waals surface area contributed by atoms with Crippen molar-refractivity contribution in [1.29, 1.82) is 0 Å². The summed E-state index contributed by atoms with van der Waals surface area (Å²) in [7, 11) is 0. The van der Waals surface area contributed by atoms with Gasteiger partial charge in [-0.2, -0.15) is 13.2 Å². The minimum absolute atomic E-state index is 0.0444. The summed E-state index contributed by atoms with van der Waals surface area (Å²) in [5.74, 6) is 1.39. The van der Waals surface area contributed by atoms with Crippen LogP contribution >= 0.6 is 0 Å². The predicted octanol–water partition coefficient (Wildman–Crippen LogP) is 3.47. The predicted molar refractivity (Wildman–Crippen MR) is 71.9 cm³/mol. The van der Waals surface area contributed by atoms with Gasteiger partial charge in [0.05, 0.1) is 11.6 Å². The molecule has 1 atom stereocenters. The van der Waals surface area contributed by atoms with Crippen LogP contribution in [0.4, 0.5) is 19.0 Å². The summed E-state index contributed by atoms with van der Waals surface area (Å²) in [6.07, 6.45) is 0.168. The van der Waals surface area contributed by atoms with Gasteiger partial charge in [-0.15, -0.1) is 0 Å². The number of pyridine rings is 1. The van der Waals surface area contributed by atoms with Crippen molar-refractivity contribution in [3.63, 3.8) is 0 Å². The number of alkyl halides is 3. The Balaban J connectivity index is 1.85. The molecule has 0 radical (unpaired) electrons. The summed E-state index contributed by atoms with van der Waals surface area (Å²) in [5, 5.41) is 0. The van der Waals surface area contributed by atoms with Crippen LogP contribution in [0.1, 0.15) is 36.0 Å². The smallest absolute Gasteiger partial charge is 0.346 e. The number of halogens is 3. The minimum atomic E-state index is -4.35. The number of aryl methyl sites for hydroxylation is 1.